The molecule has 8 heteroatoms. The molecule has 2 aromatic heterocycles. The number of anilines is 1. The molecule has 0 unspecified atom stereocenters. The van der Waals surface area contributed by atoms with Gasteiger partial charge in [0.15, 0.2) is 0 Å². The monoisotopic (exact) mass is 281 g/mol. The summed E-state index contributed by atoms with van der Waals surface area (Å²) in [5, 5.41) is 0. The van der Waals surface area contributed by atoms with Gasteiger partial charge in [-0.3, -0.25) is 0 Å². The van der Waals surface area contributed by atoms with Gasteiger partial charge in [-0.25, -0.2) is 23.1 Å². The highest BCUT2D eigenvalue weighted by Gasteiger charge is 2.16. The Labute approximate surface area is 111 Å². The van der Waals surface area contributed by atoms with Gasteiger partial charge in [0.05, 0.1) is 0 Å². The number of nitrogens with one attached hydrogen (secondary N) is 2. The predicted molar refractivity (Wildman–Crippen MR) is 70.7 cm³/mol. The second-order valence-corrected chi connectivity index (χ2v) is 5.66. The van der Waals surface area contributed by atoms with Crippen LogP contribution in [0.5, 0.6) is 0 Å². The van der Waals surface area contributed by atoms with E-state index in [9.17, 15) is 8.42 Å². The van der Waals surface area contributed by atoms with E-state index in [0.717, 1.165) is 5.82 Å². The molecule has 0 aliphatic carbocycles. The Morgan fingerprint density at radius 3 is 2.84 bits per heavy atom. The molecular formula is C11H15N5O2S. The molecule has 4 N–H and O–H groups in total. The van der Waals surface area contributed by atoms with E-state index in [0.29, 0.717) is 19.4 Å². The van der Waals surface area contributed by atoms with E-state index in [1.54, 1.807) is 12.4 Å². The summed E-state index contributed by atoms with van der Waals surface area (Å²) in [6.07, 6.45) is 6.17. The van der Waals surface area contributed by atoms with Crippen molar-refractivity contribution in [2.24, 2.45) is 0 Å². The summed E-state index contributed by atoms with van der Waals surface area (Å²) in [6.45, 7) is 0.317. The van der Waals surface area contributed by atoms with Crippen LogP contribution in [0.4, 0.5) is 5.82 Å². The van der Waals surface area contributed by atoms with Gasteiger partial charge in [0.1, 0.15) is 16.5 Å². The third-order valence-corrected chi connectivity index (χ3v) is 4.03. The maximum absolute atomic E-state index is 12.0. The van der Waals surface area contributed by atoms with E-state index in [-0.39, 0.29) is 10.7 Å². The van der Waals surface area contributed by atoms with E-state index in [1.165, 1.54) is 18.3 Å². The van der Waals surface area contributed by atoms with Crippen LogP contribution in [0.3, 0.4) is 0 Å². The first-order valence-electron chi connectivity index (χ1n) is 5.78. The number of nitrogens with zero attached hydrogens (tertiary/aromatic N) is 2. The number of sulfonamides is 1. The van der Waals surface area contributed by atoms with E-state index in [4.69, 9.17) is 5.73 Å². The lowest BCUT2D eigenvalue weighted by Gasteiger charge is -2.07. The zero-order valence-electron chi connectivity index (χ0n) is 10.2. The maximum atomic E-state index is 12.0. The van der Waals surface area contributed by atoms with E-state index < -0.39 is 10.0 Å². The highest BCUT2D eigenvalue weighted by molar-refractivity contribution is 7.89. The molecule has 102 valence electrons. The lowest BCUT2D eigenvalue weighted by Crippen LogP contribution is -2.26. The first-order valence-corrected chi connectivity index (χ1v) is 7.26. The number of hydrogen-bond donors (Lipinski definition) is 3. The van der Waals surface area contributed by atoms with Crippen LogP contribution >= 0.6 is 0 Å². The van der Waals surface area contributed by atoms with Gasteiger partial charge >= 0.3 is 0 Å². The fourth-order valence-corrected chi connectivity index (χ4v) is 2.76. The van der Waals surface area contributed by atoms with Gasteiger partial charge in [-0.2, -0.15) is 0 Å². The maximum Gasteiger partial charge on any atom is 0.244 e. The molecule has 0 aliphatic heterocycles. The molecule has 0 aromatic carbocycles. The van der Waals surface area contributed by atoms with Crippen LogP contribution < -0.4 is 10.5 Å². The average Bonchev–Trinajstić information content (AvgIpc) is 2.88. The van der Waals surface area contributed by atoms with E-state index >= 15 is 0 Å². The summed E-state index contributed by atoms with van der Waals surface area (Å²) in [5.41, 5.74) is 5.54. The standard InChI is InChI=1S/C11H15N5O2S/c12-11-9(3-1-5-15-11)19(17,18)16-6-2-4-10-13-7-8-14-10/h1,3,5,7-8,16H,2,4,6H2,(H2,12,15)(H,13,14). The number of nitrogen functional groups attached to an aromatic ring is 1. The quantitative estimate of drug-likeness (QED) is 0.659. The SMILES string of the molecule is Nc1ncccc1S(=O)(=O)NCCCc1ncc[nH]1. The molecular weight excluding hydrogens is 266 g/mol. The van der Waals surface area contributed by atoms with Crippen LogP contribution in [0, 0.1) is 0 Å². The molecule has 2 rings (SSSR count). The van der Waals surface area contributed by atoms with Crippen molar-refractivity contribution in [2.45, 2.75) is 17.7 Å². The predicted octanol–water partition coefficient (Wildman–Crippen LogP) is 0.298. The van der Waals surface area contributed by atoms with Crippen LogP contribution in [0.2, 0.25) is 0 Å². The molecule has 0 atom stereocenters. The van der Waals surface area contributed by atoms with Crippen molar-refractivity contribution in [1.82, 2.24) is 19.7 Å². The number of H-pyrrole nitrogens is 1. The Balaban J connectivity index is 1.90. The number of aryl methyl sites for hydroxylation is 1. The minimum Gasteiger partial charge on any atom is -0.383 e. The number of rotatable bonds is 6. The van der Waals surface area contributed by atoms with Gasteiger partial charge in [-0.1, -0.05) is 0 Å². The minimum atomic E-state index is -3.60. The van der Waals surface area contributed by atoms with Crippen molar-refractivity contribution in [3.8, 4) is 0 Å². The van der Waals surface area contributed by atoms with Gasteiger partial charge in [-0.15, -0.1) is 0 Å². The average molecular weight is 281 g/mol. The highest BCUT2D eigenvalue weighted by Crippen LogP contribution is 2.13. The van der Waals surface area contributed by atoms with Crippen molar-refractivity contribution in [1.29, 1.82) is 0 Å². The number of hydrogen-bond acceptors (Lipinski definition) is 5. The van der Waals surface area contributed by atoms with Gasteiger partial charge in [-0.05, 0) is 18.6 Å². The van der Waals surface area contributed by atoms with E-state index in [2.05, 4.69) is 19.7 Å². The Hall–Kier alpha value is -1.93. The molecule has 2 heterocycles. The lowest BCUT2D eigenvalue weighted by atomic mass is 10.3. The summed E-state index contributed by atoms with van der Waals surface area (Å²) >= 11 is 0. The van der Waals surface area contributed by atoms with Crippen molar-refractivity contribution < 1.29 is 8.42 Å². The lowest BCUT2D eigenvalue weighted by molar-refractivity contribution is 0.578. The molecule has 19 heavy (non-hydrogen) atoms. The number of pyridine rings is 1. The second-order valence-electron chi connectivity index (χ2n) is 3.92. The molecule has 0 bridgehead atoms. The molecule has 0 radical (unpaired) electrons. The highest BCUT2D eigenvalue weighted by atomic mass is 32.2. The number of nitrogens with two attached hydrogens (primary N) is 1. The molecule has 0 aliphatic rings. The van der Waals surface area contributed by atoms with Gasteiger partial charge in [0.2, 0.25) is 10.0 Å². The third kappa shape index (κ3) is 3.52. The first-order chi connectivity index (χ1) is 9.09. The van der Waals surface area contributed by atoms with Gasteiger partial charge < -0.3 is 10.7 Å². The minimum absolute atomic E-state index is 0.000958. The normalized spacial score (nSPS) is 11.6. The Morgan fingerprint density at radius 2 is 2.16 bits per heavy atom. The molecule has 0 saturated heterocycles. The molecule has 0 saturated carbocycles. The molecule has 0 spiro atoms. The summed E-state index contributed by atoms with van der Waals surface area (Å²) < 4.78 is 26.4. The van der Waals surface area contributed by atoms with Gasteiger partial charge in [0, 0.05) is 31.6 Å². The van der Waals surface area contributed by atoms with Crippen LogP contribution in [0.1, 0.15) is 12.2 Å². The van der Waals surface area contributed by atoms with E-state index in [1.807, 2.05) is 0 Å². The Bertz CT molecular complexity index is 624. The molecule has 7 nitrogen and oxygen atoms in total. The molecule has 2 aromatic rings. The second kappa shape index (κ2) is 5.81. The Morgan fingerprint density at radius 1 is 1.32 bits per heavy atom. The fraction of sp³-hybridized carbons (Fsp3) is 0.273. The van der Waals surface area contributed by atoms with Crippen LogP contribution in [-0.2, 0) is 16.4 Å². The number of imidazole rings is 1. The zero-order valence-corrected chi connectivity index (χ0v) is 11.0. The fourth-order valence-electron chi connectivity index (χ4n) is 1.60. The van der Waals surface area contributed by atoms with Crippen molar-refractivity contribution >= 4 is 15.8 Å². The van der Waals surface area contributed by atoms with Crippen molar-refractivity contribution in [3.05, 3.63) is 36.5 Å². The zero-order chi connectivity index (χ0) is 13.7. The van der Waals surface area contributed by atoms with Crippen LogP contribution in [0.15, 0.2) is 35.6 Å². The third-order valence-electron chi connectivity index (χ3n) is 2.53. The summed E-state index contributed by atoms with van der Waals surface area (Å²) in [7, 11) is -3.60. The smallest absolute Gasteiger partial charge is 0.244 e. The van der Waals surface area contributed by atoms with Crippen LogP contribution in [-0.4, -0.2) is 29.9 Å². The molecule has 0 amide bonds. The summed E-state index contributed by atoms with van der Waals surface area (Å²) in [6, 6.07) is 2.96. The summed E-state index contributed by atoms with van der Waals surface area (Å²) in [5.74, 6) is 0.834. The van der Waals surface area contributed by atoms with Crippen LogP contribution in [0.25, 0.3) is 0 Å². The summed E-state index contributed by atoms with van der Waals surface area (Å²) in [4.78, 5) is 10.8. The molecule has 0 fully saturated rings. The number of aromatic nitrogens is 3. The number of aromatic amines is 1. The Kier molecular flexibility index (Phi) is 4.13. The first kappa shape index (κ1) is 13.5. The van der Waals surface area contributed by atoms with Gasteiger partial charge in [0.25, 0.3) is 0 Å². The van der Waals surface area contributed by atoms with Crippen molar-refractivity contribution in [2.75, 3.05) is 12.3 Å². The largest absolute Gasteiger partial charge is 0.383 e. The topological polar surface area (TPSA) is 114 Å². The van der Waals surface area contributed by atoms with Crippen molar-refractivity contribution in [3.63, 3.8) is 0 Å².